The Hall–Kier alpha value is -2.34. The van der Waals surface area contributed by atoms with Crippen LogP contribution >= 0.6 is 8.58 Å². The van der Waals surface area contributed by atoms with Crippen LogP contribution in [0.4, 0.5) is 0 Å². The summed E-state index contributed by atoms with van der Waals surface area (Å²) in [6.45, 7) is 7.61. The Morgan fingerprint density at radius 3 is 2.09 bits per heavy atom. The van der Waals surface area contributed by atoms with Gasteiger partial charge in [-0.2, -0.15) is 23.6 Å². The van der Waals surface area contributed by atoms with Gasteiger partial charge >= 0.3 is 0 Å². The monoisotopic (exact) mass is 600 g/mol. The fourth-order valence-electron chi connectivity index (χ4n) is 3.30. The van der Waals surface area contributed by atoms with E-state index in [1.54, 1.807) is 6.08 Å². The van der Waals surface area contributed by atoms with Crippen molar-refractivity contribution in [2.24, 2.45) is 0 Å². The number of hydrogen-bond acceptors (Lipinski definition) is 0. The van der Waals surface area contributed by atoms with Crippen molar-refractivity contribution < 1.29 is 25.8 Å². The van der Waals surface area contributed by atoms with Gasteiger partial charge in [-0.1, -0.05) is 69.8 Å². The average molecular weight is 599 g/mol. The second kappa shape index (κ2) is 13.9. The zero-order valence-electron chi connectivity index (χ0n) is 18.8. The van der Waals surface area contributed by atoms with Gasteiger partial charge in [-0.05, 0) is 24.7 Å². The molecule has 5 rings (SSSR count). The topological polar surface area (TPSA) is 0 Å². The first kappa shape index (κ1) is 25.9. The van der Waals surface area contributed by atoms with Crippen molar-refractivity contribution in [3.8, 4) is 0 Å². The van der Waals surface area contributed by atoms with Crippen LogP contribution in [0.1, 0.15) is 12.5 Å². The van der Waals surface area contributed by atoms with Crippen LogP contribution in [0.3, 0.4) is 0 Å². The van der Waals surface area contributed by atoms with Crippen molar-refractivity contribution in [1.82, 2.24) is 0 Å². The molecule has 5 aromatic rings. The third-order valence-corrected chi connectivity index (χ3v) is 6.33. The van der Waals surface area contributed by atoms with Crippen LogP contribution in [0.25, 0.3) is 21.5 Å². The van der Waals surface area contributed by atoms with Crippen LogP contribution in [-0.4, -0.2) is 0 Å². The molecule has 0 nitrogen and oxygen atoms in total. The van der Waals surface area contributed by atoms with Crippen molar-refractivity contribution in [2.75, 3.05) is 0 Å². The molecule has 0 heterocycles. The Morgan fingerprint density at radius 1 is 0.812 bits per heavy atom. The molecule has 2 heteroatoms. The molecule has 1 unspecified atom stereocenters. The minimum absolute atomic E-state index is 0. The molecule has 0 amide bonds. The Morgan fingerprint density at radius 2 is 1.47 bits per heavy atom. The van der Waals surface area contributed by atoms with Crippen molar-refractivity contribution in [1.29, 1.82) is 0 Å². The van der Waals surface area contributed by atoms with Gasteiger partial charge in [0.05, 0.1) is 0 Å². The SMILES string of the molecule is C=CC=CC.Cc1ccccc1Pc1cc2ccccc2[cH-]1.[Hf].c1ccc2[cH-]ccc2c1. The third kappa shape index (κ3) is 7.66. The van der Waals surface area contributed by atoms with Gasteiger partial charge in [0.25, 0.3) is 0 Å². The summed E-state index contributed by atoms with van der Waals surface area (Å²) in [7, 11) is 0.759. The van der Waals surface area contributed by atoms with E-state index in [0.717, 1.165) is 8.58 Å². The van der Waals surface area contributed by atoms with Crippen LogP contribution in [0.2, 0.25) is 0 Å². The van der Waals surface area contributed by atoms with E-state index in [4.69, 9.17) is 0 Å². The molecule has 0 aliphatic rings. The Labute approximate surface area is 213 Å². The first-order valence-corrected chi connectivity index (χ1v) is 11.5. The largest absolute Gasteiger partial charge is 0.168 e. The molecule has 0 saturated carbocycles. The molecule has 32 heavy (non-hydrogen) atoms. The van der Waals surface area contributed by atoms with Gasteiger partial charge in [0.15, 0.2) is 0 Å². The second-order valence-corrected chi connectivity index (χ2v) is 8.60. The van der Waals surface area contributed by atoms with Crippen LogP contribution in [0, 0.1) is 6.92 Å². The maximum Gasteiger partial charge on any atom is 0 e. The van der Waals surface area contributed by atoms with E-state index in [9.17, 15) is 0 Å². The predicted molar refractivity (Wildman–Crippen MR) is 143 cm³/mol. The molecule has 160 valence electrons. The minimum atomic E-state index is 0. The van der Waals surface area contributed by atoms with E-state index in [-0.39, 0.29) is 25.8 Å². The number of aryl methyl sites for hydroxylation is 1. The Balaban J connectivity index is 0.000000203. The van der Waals surface area contributed by atoms with Gasteiger partial charge in [0, 0.05) is 25.8 Å². The molecule has 0 N–H and O–H groups in total. The fraction of sp³-hybridized carbons (Fsp3) is 0.0667. The van der Waals surface area contributed by atoms with Gasteiger partial charge in [-0.25, -0.2) is 0 Å². The summed E-state index contributed by atoms with van der Waals surface area (Å²) in [6.07, 6.45) is 5.58. The predicted octanol–water partition coefficient (Wildman–Crippen LogP) is 7.80. The molecule has 0 aliphatic carbocycles. The summed E-state index contributed by atoms with van der Waals surface area (Å²) in [5, 5.41) is 8.24. The molecule has 5 aromatic carbocycles. The van der Waals surface area contributed by atoms with Crippen LogP contribution < -0.4 is 10.6 Å². The van der Waals surface area contributed by atoms with E-state index in [1.165, 1.54) is 37.7 Å². The third-order valence-electron chi connectivity index (χ3n) is 4.92. The number of benzene rings is 3. The Kier molecular flexibility index (Phi) is 11.3. The fourth-order valence-corrected chi connectivity index (χ4v) is 4.52. The van der Waals surface area contributed by atoms with Crippen LogP contribution in [-0.2, 0) is 25.8 Å². The second-order valence-electron chi connectivity index (χ2n) is 7.23. The summed E-state index contributed by atoms with van der Waals surface area (Å²) in [4.78, 5) is 0. The molecule has 0 aromatic heterocycles. The van der Waals surface area contributed by atoms with E-state index >= 15 is 0 Å². The molecule has 0 fully saturated rings. The van der Waals surface area contributed by atoms with E-state index < -0.39 is 0 Å². The van der Waals surface area contributed by atoms with Gasteiger partial charge in [0.2, 0.25) is 0 Å². The normalized spacial score (nSPS) is 10.4. The molecule has 0 spiro atoms. The van der Waals surface area contributed by atoms with E-state index in [0.29, 0.717) is 0 Å². The molecule has 0 aliphatic heterocycles. The van der Waals surface area contributed by atoms with Gasteiger partial charge in [0.1, 0.15) is 0 Å². The van der Waals surface area contributed by atoms with E-state index in [2.05, 4.69) is 117 Å². The smallest absolute Gasteiger partial charge is 0 e. The molecule has 1 atom stereocenters. The number of allylic oxidation sites excluding steroid dienone is 3. The summed E-state index contributed by atoms with van der Waals surface area (Å²) in [5.41, 5.74) is 1.39. The summed E-state index contributed by atoms with van der Waals surface area (Å²) in [5.74, 6) is 0. The maximum atomic E-state index is 3.46. The zero-order valence-corrected chi connectivity index (χ0v) is 23.3. The number of fused-ring (bicyclic) bond motifs is 2. The molecule has 0 saturated heterocycles. The first-order valence-electron chi connectivity index (χ1n) is 10.5. The quantitative estimate of drug-likeness (QED) is 0.0860. The van der Waals surface area contributed by atoms with Gasteiger partial charge in [-0.3, -0.25) is 0 Å². The molecule has 0 bridgehead atoms. The molecule has 0 radical (unpaired) electrons. The van der Waals surface area contributed by atoms with Gasteiger partial charge in [-0.15, -0.1) is 70.0 Å². The summed E-state index contributed by atoms with van der Waals surface area (Å²) in [6, 6.07) is 36.5. The average Bonchev–Trinajstić information content (AvgIpc) is 3.43. The van der Waals surface area contributed by atoms with Crippen LogP contribution in [0.15, 0.2) is 128 Å². The van der Waals surface area contributed by atoms with Crippen molar-refractivity contribution in [3.63, 3.8) is 0 Å². The summed E-state index contributed by atoms with van der Waals surface area (Å²) >= 11 is 0. The van der Waals surface area contributed by atoms with Gasteiger partial charge < -0.3 is 0 Å². The minimum Gasteiger partial charge on any atom is -0.168 e. The van der Waals surface area contributed by atoms with E-state index in [1.807, 2.05) is 19.1 Å². The number of hydrogen-bond donors (Lipinski definition) is 0. The Bertz CT molecular complexity index is 1190. The van der Waals surface area contributed by atoms with Crippen molar-refractivity contribution in [3.05, 3.63) is 133 Å². The first-order chi connectivity index (χ1) is 15.2. The zero-order chi connectivity index (χ0) is 21.9. The standard InChI is InChI=1S/C16H14P.C9H7.C5H8.Hf/c1-12-6-2-5-9-16(12)17-15-10-13-7-3-4-8-14(13)11-15;1-2-5-9-7-3-6-8(9)4-1;1-3-5-4-2;/h2-11,17H,1H3;1-7H;3-5H,1H2,2H3;/q2*-1;;. The van der Waals surface area contributed by atoms with Crippen molar-refractivity contribution >= 4 is 40.7 Å². The number of rotatable bonds is 3. The van der Waals surface area contributed by atoms with Crippen molar-refractivity contribution in [2.45, 2.75) is 13.8 Å². The maximum absolute atomic E-state index is 3.46. The van der Waals surface area contributed by atoms with Crippen LogP contribution in [0.5, 0.6) is 0 Å². The summed E-state index contributed by atoms with van der Waals surface area (Å²) < 4.78 is 0. The molecular formula is C30H29HfP-2. The molecular weight excluding hydrogens is 570 g/mol.